The molecule has 4 nitrogen and oxygen atoms in total. The Labute approximate surface area is 55.6 Å². The van der Waals surface area contributed by atoms with Gasteiger partial charge in [-0.1, -0.05) is 11.6 Å². The van der Waals surface area contributed by atoms with Gasteiger partial charge in [0.1, 0.15) is 0 Å². The second-order valence-electron chi connectivity index (χ2n) is 0.781. The third-order valence-corrected chi connectivity index (χ3v) is 1.02. The number of hydrogen-bond donors (Lipinski definition) is 1. The van der Waals surface area contributed by atoms with Gasteiger partial charge in [0, 0.05) is 10.7 Å². The first kappa shape index (κ1) is 8.45. The zero-order valence-corrected chi connectivity index (χ0v) is 5.74. The van der Waals surface area contributed by atoms with Crippen LogP contribution in [0.25, 0.3) is 0 Å². The molecule has 0 amide bonds. The van der Waals surface area contributed by atoms with Crippen LogP contribution in [0.2, 0.25) is 0 Å². The summed E-state index contributed by atoms with van der Waals surface area (Å²) in [6.07, 6.45) is 0. The lowest BCUT2D eigenvalue weighted by molar-refractivity contribution is 0.0645. The molecule has 7 heteroatoms. The van der Waals surface area contributed by atoms with Gasteiger partial charge in [-0.2, -0.15) is 8.42 Å². The Balaban J connectivity index is 3.75. The van der Waals surface area contributed by atoms with Crippen molar-refractivity contribution in [3.63, 3.8) is 0 Å². The minimum atomic E-state index is -4.13. The molecule has 1 unspecified atom stereocenters. The fraction of sp³-hybridized carbons (Fsp3) is 1.00. The summed E-state index contributed by atoms with van der Waals surface area (Å²) in [4.78, 5) is 0. The van der Waals surface area contributed by atoms with E-state index in [9.17, 15) is 8.42 Å². The first-order valence-corrected chi connectivity index (χ1v) is 4.04. The van der Waals surface area contributed by atoms with Gasteiger partial charge in [-0.25, -0.2) is 4.18 Å². The zero-order chi connectivity index (χ0) is 6.78. The van der Waals surface area contributed by atoms with Gasteiger partial charge >= 0.3 is 9.33 Å². The SMILES string of the molecule is O=S(=O)(Cl)OC(O)Cl. The Morgan fingerprint density at radius 2 is 2.00 bits per heavy atom. The molecule has 0 fully saturated rings. The standard InChI is InChI=1S/CH2Cl2O4S/c2-1(4)7-8(3,5)6/h1,4H. The van der Waals surface area contributed by atoms with Crippen LogP contribution in [-0.4, -0.2) is 19.3 Å². The van der Waals surface area contributed by atoms with Crippen LogP contribution >= 0.6 is 22.3 Å². The van der Waals surface area contributed by atoms with Crippen molar-refractivity contribution in [1.29, 1.82) is 0 Å². The largest absolute Gasteiger partial charge is 0.359 e. The predicted octanol–water partition coefficient (Wildman–Crippen LogP) is 0.00130. The predicted molar refractivity (Wildman–Crippen MR) is 27.7 cm³/mol. The van der Waals surface area contributed by atoms with Gasteiger partial charge in [0.2, 0.25) is 0 Å². The van der Waals surface area contributed by atoms with Crippen molar-refractivity contribution in [1.82, 2.24) is 0 Å². The fourth-order valence-corrected chi connectivity index (χ4v) is 0.890. The number of halogens is 2. The van der Waals surface area contributed by atoms with E-state index in [1.807, 2.05) is 0 Å². The monoisotopic (exact) mass is 180 g/mol. The molecule has 0 saturated carbocycles. The smallest absolute Gasteiger partial charge is 0.355 e. The Morgan fingerprint density at radius 1 is 1.62 bits per heavy atom. The Kier molecular flexibility index (Phi) is 3.00. The maximum Gasteiger partial charge on any atom is 0.359 e. The highest BCUT2D eigenvalue weighted by atomic mass is 35.7. The highest BCUT2D eigenvalue weighted by Crippen LogP contribution is 2.03. The fourth-order valence-electron chi connectivity index (χ4n) is 0.0948. The van der Waals surface area contributed by atoms with E-state index in [0.29, 0.717) is 0 Å². The van der Waals surface area contributed by atoms with Crippen LogP contribution in [0.4, 0.5) is 0 Å². The second-order valence-corrected chi connectivity index (χ2v) is 3.27. The van der Waals surface area contributed by atoms with Crippen LogP contribution in [0.15, 0.2) is 0 Å². The molecule has 0 bridgehead atoms. The molecule has 50 valence electrons. The Morgan fingerprint density at radius 3 is 2.00 bits per heavy atom. The third-order valence-electron chi connectivity index (χ3n) is 0.194. The normalized spacial score (nSPS) is 15.9. The average molecular weight is 181 g/mol. The van der Waals surface area contributed by atoms with E-state index in [1.54, 1.807) is 0 Å². The van der Waals surface area contributed by atoms with E-state index in [0.717, 1.165) is 0 Å². The van der Waals surface area contributed by atoms with E-state index in [4.69, 9.17) is 5.11 Å². The van der Waals surface area contributed by atoms with Gasteiger partial charge in [-0.3, -0.25) is 0 Å². The molecule has 0 heterocycles. The van der Waals surface area contributed by atoms with Crippen LogP contribution in [-0.2, 0) is 13.5 Å². The highest BCUT2D eigenvalue weighted by Gasteiger charge is 2.09. The number of aliphatic hydroxyl groups excluding tert-OH is 1. The molecule has 1 atom stereocenters. The first-order valence-electron chi connectivity index (χ1n) is 1.37. The minimum Gasteiger partial charge on any atom is -0.355 e. The van der Waals surface area contributed by atoms with Gasteiger partial charge in [-0.05, 0) is 0 Å². The molecule has 0 aliphatic heterocycles. The molecule has 0 radical (unpaired) electrons. The molecular formula is CH2Cl2O4S. The van der Waals surface area contributed by atoms with Gasteiger partial charge in [0.15, 0.2) is 0 Å². The van der Waals surface area contributed by atoms with Crippen molar-refractivity contribution in [2.24, 2.45) is 0 Å². The van der Waals surface area contributed by atoms with Gasteiger partial charge in [0.05, 0.1) is 0 Å². The molecule has 0 aromatic heterocycles. The van der Waals surface area contributed by atoms with Crippen molar-refractivity contribution >= 4 is 31.6 Å². The van der Waals surface area contributed by atoms with Crippen LogP contribution in [0.3, 0.4) is 0 Å². The summed E-state index contributed by atoms with van der Waals surface area (Å²) in [7, 11) is 0.301. The lowest BCUT2D eigenvalue weighted by atomic mass is 11.5. The lowest BCUT2D eigenvalue weighted by Gasteiger charge is -1.95. The molecule has 8 heavy (non-hydrogen) atoms. The summed E-state index contributed by atoms with van der Waals surface area (Å²) in [5.74, 6) is -1.91. The van der Waals surface area contributed by atoms with Crippen molar-refractivity contribution < 1.29 is 17.7 Å². The maximum absolute atomic E-state index is 9.74. The van der Waals surface area contributed by atoms with Crippen molar-refractivity contribution in [3.8, 4) is 0 Å². The molecule has 0 aliphatic carbocycles. The summed E-state index contributed by atoms with van der Waals surface area (Å²) < 4.78 is 23.0. The lowest BCUT2D eigenvalue weighted by Crippen LogP contribution is -2.05. The molecule has 1 N–H and O–H groups in total. The van der Waals surface area contributed by atoms with Crippen LogP contribution in [0.1, 0.15) is 0 Å². The van der Waals surface area contributed by atoms with Gasteiger partial charge < -0.3 is 5.11 Å². The van der Waals surface area contributed by atoms with Crippen LogP contribution in [0, 0.1) is 0 Å². The van der Waals surface area contributed by atoms with E-state index >= 15 is 0 Å². The van der Waals surface area contributed by atoms with E-state index in [-0.39, 0.29) is 0 Å². The Hall–Kier alpha value is 0.450. The topological polar surface area (TPSA) is 63.6 Å². The molecule has 0 rings (SSSR count). The molecule has 0 spiro atoms. The number of hydrogen-bond acceptors (Lipinski definition) is 4. The molecule has 0 aromatic rings. The van der Waals surface area contributed by atoms with Gasteiger partial charge in [0.25, 0.3) is 5.75 Å². The summed E-state index contributed by atoms with van der Waals surface area (Å²) in [5.41, 5.74) is 0. The van der Waals surface area contributed by atoms with Crippen molar-refractivity contribution in [2.45, 2.75) is 5.75 Å². The summed E-state index contributed by atoms with van der Waals surface area (Å²) >= 11 is 4.63. The van der Waals surface area contributed by atoms with E-state index in [1.165, 1.54) is 0 Å². The van der Waals surface area contributed by atoms with Crippen molar-refractivity contribution in [2.75, 3.05) is 0 Å². The maximum atomic E-state index is 9.74. The number of rotatable bonds is 2. The van der Waals surface area contributed by atoms with E-state index < -0.39 is 15.1 Å². The zero-order valence-electron chi connectivity index (χ0n) is 3.41. The second kappa shape index (κ2) is 2.84. The summed E-state index contributed by atoms with van der Waals surface area (Å²) in [5, 5.41) is 7.97. The van der Waals surface area contributed by atoms with Crippen molar-refractivity contribution in [3.05, 3.63) is 0 Å². The van der Waals surface area contributed by atoms with Crippen LogP contribution in [0.5, 0.6) is 0 Å². The summed E-state index contributed by atoms with van der Waals surface area (Å²) in [6, 6.07) is 0. The quantitative estimate of drug-likeness (QED) is 0.370. The first-order chi connectivity index (χ1) is 3.42. The minimum absolute atomic E-state index is 1.91. The van der Waals surface area contributed by atoms with Crippen LogP contribution < -0.4 is 0 Å². The highest BCUT2D eigenvalue weighted by molar-refractivity contribution is 8.10. The molecule has 0 saturated heterocycles. The average Bonchev–Trinajstić information content (AvgIpc) is 1.21. The number of aliphatic hydroxyl groups is 1. The molecule has 0 aromatic carbocycles. The Bertz CT molecular complexity index is 147. The van der Waals surface area contributed by atoms with E-state index in [2.05, 4.69) is 26.5 Å². The molecular weight excluding hydrogens is 179 g/mol. The molecule has 0 aliphatic rings. The summed E-state index contributed by atoms with van der Waals surface area (Å²) in [6.45, 7) is 0. The number of alkyl halides is 1. The van der Waals surface area contributed by atoms with Gasteiger partial charge in [-0.15, -0.1) is 0 Å². The third kappa shape index (κ3) is 6.45.